The maximum Gasteiger partial charge on any atom is 0.343 e. The lowest BCUT2D eigenvalue weighted by atomic mass is 9.83. The number of hydrogen-bond donors (Lipinski definition) is 0. The maximum atomic E-state index is 14.5. The first-order valence-electron chi connectivity index (χ1n) is 28.7. The quantitative estimate of drug-likeness (QED) is 0.0182. The maximum absolute atomic E-state index is 14.5. The van der Waals surface area contributed by atoms with E-state index in [2.05, 4.69) is 6.58 Å². The molecule has 3 aromatic rings. The predicted molar refractivity (Wildman–Crippen MR) is 308 cm³/mol. The molecule has 1 aliphatic rings. The Hall–Kier alpha value is -6.94. The van der Waals surface area contributed by atoms with Gasteiger partial charge in [-0.2, -0.15) is 0 Å². The molecule has 0 fully saturated rings. The van der Waals surface area contributed by atoms with Gasteiger partial charge in [0.1, 0.15) is 23.9 Å². The van der Waals surface area contributed by atoms with E-state index < -0.39 is 62.3 Å². The molecule has 0 N–H and O–H groups in total. The molecule has 2 unspecified atom stereocenters. The van der Waals surface area contributed by atoms with Gasteiger partial charge in [0.05, 0.1) is 34.5 Å². The summed E-state index contributed by atoms with van der Waals surface area (Å²) in [5.41, 5.74) is 4.08. The van der Waals surface area contributed by atoms with Crippen LogP contribution in [0.5, 0.6) is 17.2 Å². The van der Waals surface area contributed by atoms with Crippen molar-refractivity contribution in [2.75, 3.05) is 54.9 Å². The molecule has 0 aliphatic heterocycles. The van der Waals surface area contributed by atoms with E-state index in [9.17, 15) is 38.4 Å². The Morgan fingerprint density at radius 1 is 0.457 bits per heavy atom. The third kappa shape index (κ3) is 20.8. The number of esters is 4. The van der Waals surface area contributed by atoms with Crippen LogP contribution in [-0.4, -0.2) is 108 Å². The lowest BCUT2D eigenvalue weighted by molar-refractivity contribution is -0.148. The lowest BCUT2D eigenvalue weighted by Gasteiger charge is -2.30. The molecule has 0 radical (unpaired) electrons. The van der Waals surface area contributed by atoms with Crippen LogP contribution < -0.4 is 14.2 Å². The number of fused-ring (bicyclic) bond motifs is 6. The van der Waals surface area contributed by atoms with Crippen LogP contribution in [-0.2, 0) is 73.3 Å². The van der Waals surface area contributed by atoms with Gasteiger partial charge in [0.25, 0.3) is 0 Å². The summed E-state index contributed by atoms with van der Waals surface area (Å²) in [4.78, 5) is 110. The zero-order chi connectivity index (χ0) is 59.4. The molecule has 442 valence electrons. The molecule has 81 heavy (non-hydrogen) atoms. The molecule has 16 heteroatoms. The Labute approximate surface area is 479 Å². The molecule has 3 aromatic carbocycles. The molecule has 0 saturated carbocycles. The molecule has 16 nitrogen and oxygen atoms in total. The highest BCUT2D eigenvalue weighted by Gasteiger charge is 2.31. The van der Waals surface area contributed by atoms with E-state index in [1.54, 1.807) is 42.5 Å². The van der Waals surface area contributed by atoms with Gasteiger partial charge in [0.2, 0.25) is 0 Å². The predicted octanol–water partition coefficient (Wildman–Crippen LogP) is 11.7. The molecule has 0 heterocycles. The highest BCUT2D eigenvalue weighted by atomic mass is 16.6. The van der Waals surface area contributed by atoms with Gasteiger partial charge in [-0.15, -0.1) is 0 Å². The standard InChI is InChI=1S/C65H86O16/c1-11-15-19-23-54(66)42(5)27-47-35-49-31-45(56(68)25-21-17-13-3)32-52(64(49)80-40-60(72)76-9)37-53-34-46(57(69)26-22-18-14-4)33-51(65(53)81-41-61(73)77-10)36-50-30-44(55(67)24-20-16-12-2)29-48(63(50)79-39-59(71)75-8)28-43(6)62(47)78-38-58(70)74-7/h27,29-34,43,62H,5,11-26,28,35-41H2,1-4,6-10H3/b47-27-. The summed E-state index contributed by atoms with van der Waals surface area (Å²) in [5.74, 6) is -3.56. The largest absolute Gasteiger partial charge is 0.481 e. The van der Waals surface area contributed by atoms with Gasteiger partial charge in [-0.05, 0) is 126 Å². The molecule has 0 spiro atoms. The Bertz CT molecular complexity index is 2710. The Morgan fingerprint density at radius 2 is 0.778 bits per heavy atom. The van der Waals surface area contributed by atoms with E-state index in [4.69, 9.17) is 37.9 Å². The fourth-order valence-electron chi connectivity index (χ4n) is 9.89. The van der Waals surface area contributed by atoms with Crippen molar-refractivity contribution >= 4 is 47.0 Å². The monoisotopic (exact) mass is 1120 g/mol. The van der Waals surface area contributed by atoms with E-state index in [1.165, 1.54) is 28.4 Å². The molecule has 0 aromatic heterocycles. The third-order valence-electron chi connectivity index (χ3n) is 14.3. The number of carbonyl (C=O) groups excluding carboxylic acids is 8. The van der Waals surface area contributed by atoms with Gasteiger partial charge >= 0.3 is 23.9 Å². The highest BCUT2D eigenvalue weighted by molar-refractivity contribution is 5.99. The van der Waals surface area contributed by atoms with Crippen molar-refractivity contribution in [3.8, 4) is 17.2 Å². The Morgan fingerprint density at radius 3 is 1.14 bits per heavy atom. The number of ether oxygens (including phenoxy) is 8. The number of hydrogen-bond acceptors (Lipinski definition) is 16. The fraction of sp³-hybridized carbons (Fsp3) is 0.538. The molecule has 0 amide bonds. The minimum absolute atomic E-state index is 0.0689. The topological polar surface area (TPSA) is 210 Å². The van der Waals surface area contributed by atoms with Crippen molar-refractivity contribution < 1.29 is 76.3 Å². The zero-order valence-corrected chi connectivity index (χ0v) is 49.4. The number of methoxy groups -OCH3 is 4. The summed E-state index contributed by atoms with van der Waals surface area (Å²) in [6, 6.07) is 10.2. The van der Waals surface area contributed by atoms with Crippen molar-refractivity contribution in [1.29, 1.82) is 0 Å². The van der Waals surface area contributed by atoms with Crippen molar-refractivity contribution in [1.82, 2.24) is 0 Å². The molecule has 2 atom stereocenters. The number of carbonyl (C=O) groups is 8. The van der Waals surface area contributed by atoms with E-state index in [0.29, 0.717) is 81.3 Å². The average Bonchev–Trinajstić information content (AvgIpc) is 3.58. The summed E-state index contributed by atoms with van der Waals surface area (Å²) in [6.45, 7) is 12.1. The minimum atomic E-state index is -1.04. The fourth-order valence-corrected chi connectivity index (χ4v) is 9.89. The smallest absolute Gasteiger partial charge is 0.343 e. The van der Waals surface area contributed by atoms with Crippen molar-refractivity contribution in [2.24, 2.45) is 5.92 Å². The van der Waals surface area contributed by atoms with Crippen LogP contribution in [0.3, 0.4) is 0 Å². The van der Waals surface area contributed by atoms with Crippen LogP contribution in [0, 0.1) is 5.92 Å². The number of ketones is 4. The third-order valence-corrected chi connectivity index (χ3v) is 14.3. The molecular formula is C65H86O16. The first-order chi connectivity index (χ1) is 38.9. The van der Waals surface area contributed by atoms with Gasteiger partial charge in [0, 0.05) is 60.8 Å². The van der Waals surface area contributed by atoms with Gasteiger partial charge < -0.3 is 37.9 Å². The first kappa shape index (κ1) is 66.6. The second kappa shape index (κ2) is 35.0. The zero-order valence-electron chi connectivity index (χ0n) is 49.4. The molecule has 1 aliphatic carbocycles. The summed E-state index contributed by atoms with van der Waals surface area (Å²) >= 11 is 0. The van der Waals surface area contributed by atoms with E-state index in [1.807, 2.05) is 34.6 Å². The van der Waals surface area contributed by atoms with Gasteiger partial charge in [0.15, 0.2) is 43.0 Å². The second-order valence-electron chi connectivity index (χ2n) is 20.8. The summed E-state index contributed by atoms with van der Waals surface area (Å²) < 4.78 is 46.3. The van der Waals surface area contributed by atoms with E-state index in [0.717, 1.165) is 51.4 Å². The first-order valence-corrected chi connectivity index (χ1v) is 28.7. The Kier molecular flexibility index (Phi) is 28.8. The SMILES string of the molecule is C=C(/C=C1/Cc2cc(C(=O)CCCCC)cc(c2OCC(=O)OC)Cc2cc(C(=O)CCCCC)cc(c2OCC(=O)OC)Cc2cc(C(=O)CCCCC)cc(c2OCC(=O)OC)CC(C)C1OCC(=O)OC)C(=O)CCCCC. The van der Waals surface area contributed by atoms with Gasteiger partial charge in [-0.1, -0.05) is 92.6 Å². The minimum Gasteiger partial charge on any atom is -0.481 e. The van der Waals surface area contributed by atoms with E-state index in [-0.39, 0.29) is 97.3 Å². The van der Waals surface area contributed by atoms with Crippen LogP contribution >= 0.6 is 0 Å². The normalized spacial score (nSPS) is 14.6. The van der Waals surface area contributed by atoms with Crippen LogP contribution in [0.2, 0.25) is 0 Å². The van der Waals surface area contributed by atoms with Crippen molar-refractivity contribution in [3.05, 3.63) is 110 Å². The van der Waals surface area contributed by atoms with Gasteiger partial charge in [-0.3, -0.25) is 19.2 Å². The number of Topliss-reactive ketones (excluding diaryl/α,β-unsaturated/α-hetero) is 4. The number of allylic oxidation sites excluding steroid dienone is 2. The van der Waals surface area contributed by atoms with Crippen molar-refractivity contribution in [3.63, 3.8) is 0 Å². The summed E-state index contributed by atoms with van der Waals surface area (Å²) in [6.07, 6.45) is 10.5. The summed E-state index contributed by atoms with van der Waals surface area (Å²) in [7, 11) is 4.93. The van der Waals surface area contributed by atoms with Crippen LogP contribution in [0.1, 0.15) is 202 Å². The van der Waals surface area contributed by atoms with E-state index >= 15 is 0 Å². The van der Waals surface area contributed by atoms with Crippen LogP contribution in [0.4, 0.5) is 0 Å². The molecule has 4 rings (SSSR count). The number of benzene rings is 3. The Balaban J connectivity index is 2.35. The van der Waals surface area contributed by atoms with Crippen molar-refractivity contribution in [2.45, 2.75) is 169 Å². The molecular weight excluding hydrogens is 1040 g/mol. The van der Waals surface area contributed by atoms with Crippen LogP contribution in [0.15, 0.2) is 60.2 Å². The average molecular weight is 1120 g/mol. The number of unbranched alkanes of at least 4 members (excludes halogenated alkanes) is 8. The molecule has 6 bridgehead atoms. The van der Waals surface area contributed by atoms with Gasteiger partial charge in [-0.25, -0.2) is 19.2 Å². The summed E-state index contributed by atoms with van der Waals surface area (Å²) in [5, 5.41) is 0. The highest BCUT2D eigenvalue weighted by Crippen LogP contribution is 2.41. The number of rotatable bonds is 33. The second-order valence-corrected chi connectivity index (χ2v) is 20.8. The van der Waals surface area contributed by atoms with Crippen LogP contribution in [0.25, 0.3) is 0 Å². The molecule has 0 saturated heterocycles. The lowest BCUT2D eigenvalue weighted by Crippen LogP contribution is -2.30.